The predicted octanol–water partition coefficient (Wildman–Crippen LogP) is 4.59. The molecule has 0 amide bonds. The van der Waals surface area contributed by atoms with E-state index >= 15 is 0 Å². The largest absolute Gasteiger partial charge is 0.454 e. The number of benzene rings is 3. The molecule has 9 heteroatoms. The smallest absolute Gasteiger partial charge is 0.279 e. The topological polar surface area (TPSA) is 92.3 Å². The molecule has 8 nitrogen and oxygen atoms in total. The summed E-state index contributed by atoms with van der Waals surface area (Å²) in [5, 5.41) is 9.83. The zero-order chi connectivity index (χ0) is 21.7. The van der Waals surface area contributed by atoms with E-state index in [0.717, 1.165) is 10.0 Å². The molecular weight excluding hydrogens is 476 g/mol. The van der Waals surface area contributed by atoms with Gasteiger partial charge in [0.15, 0.2) is 17.2 Å². The maximum Gasteiger partial charge on any atom is 0.279 e. The van der Waals surface area contributed by atoms with E-state index in [0.29, 0.717) is 39.5 Å². The van der Waals surface area contributed by atoms with Crippen LogP contribution in [0, 0.1) is 0 Å². The van der Waals surface area contributed by atoms with Crippen LogP contribution in [-0.2, 0) is 0 Å². The van der Waals surface area contributed by atoms with Gasteiger partial charge in [0.05, 0.1) is 11.1 Å². The number of aromatic nitrogens is 4. The number of fused-ring (bicyclic) bond motifs is 2. The number of hydrogen-bond acceptors (Lipinski definition) is 7. The van der Waals surface area contributed by atoms with Crippen LogP contribution in [0.4, 0.5) is 0 Å². The normalized spacial score (nSPS) is 12.4. The summed E-state index contributed by atoms with van der Waals surface area (Å²) >= 11 is 3.41. The van der Waals surface area contributed by atoms with E-state index in [2.05, 4.69) is 31.2 Å². The highest BCUT2D eigenvalue weighted by atomic mass is 79.9. The summed E-state index contributed by atoms with van der Waals surface area (Å²) in [5.74, 6) is 1.89. The van der Waals surface area contributed by atoms with Crippen molar-refractivity contribution in [3.8, 4) is 40.2 Å². The maximum absolute atomic E-state index is 13.1. The number of rotatable bonds is 3. The summed E-state index contributed by atoms with van der Waals surface area (Å²) in [6.07, 6.45) is 0. The van der Waals surface area contributed by atoms with Crippen molar-refractivity contribution in [2.45, 2.75) is 0 Å². The van der Waals surface area contributed by atoms with Gasteiger partial charge in [-0.3, -0.25) is 4.79 Å². The third-order valence-electron chi connectivity index (χ3n) is 5.14. The Balaban J connectivity index is 1.51. The summed E-state index contributed by atoms with van der Waals surface area (Å²) in [7, 11) is 0. The summed E-state index contributed by atoms with van der Waals surface area (Å²) in [4.78, 5) is 17.7. The zero-order valence-corrected chi connectivity index (χ0v) is 17.9. The van der Waals surface area contributed by atoms with Gasteiger partial charge in [0, 0.05) is 15.4 Å². The molecule has 0 spiro atoms. The van der Waals surface area contributed by atoms with Crippen molar-refractivity contribution in [2.75, 3.05) is 6.79 Å². The van der Waals surface area contributed by atoms with Gasteiger partial charge in [-0.2, -0.15) is 14.8 Å². The highest BCUT2D eigenvalue weighted by Crippen LogP contribution is 2.35. The average molecular weight is 489 g/mol. The molecule has 0 aliphatic carbocycles. The molecule has 0 unspecified atom stereocenters. The van der Waals surface area contributed by atoms with Crippen LogP contribution in [0.2, 0.25) is 0 Å². The molecule has 32 heavy (non-hydrogen) atoms. The van der Waals surface area contributed by atoms with E-state index in [4.69, 9.17) is 14.0 Å². The Morgan fingerprint density at radius 2 is 1.69 bits per heavy atom. The van der Waals surface area contributed by atoms with Gasteiger partial charge < -0.3 is 14.0 Å². The Labute approximate surface area is 189 Å². The highest BCUT2D eigenvalue weighted by molar-refractivity contribution is 9.10. The fourth-order valence-electron chi connectivity index (χ4n) is 3.58. The molecule has 0 N–H and O–H groups in total. The van der Waals surface area contributed by atoms with Crippen molar-refractivity contribution in [2.24, 2.45) is 0 Å². The Morgan fingerprint density at radius 3 is 2.53 bits per heavy atom. The Hall–Kier alpha value is -3.98. The van der Waals surface area contributed by atoms with E-state index < -0.39 is 0 Å². The minimum atomic E-state index is -0.234. The number of halogens is 1. The maximum atomic E-state index is 13.1. The van der Waals surface area contributed by atoms with E-state index in [9.17, 15) is 4.79 Å². The molecule has 0 saturated heterocycles. The van der Waals surface area contributed by atoms with Crippen LogP contribution in [0.25, 0.3) is 39.4 Å². The lowest BCUT2D eigenvalue weighted by Crippen LogP contribution is -2.22. The molecule has 1 aliphatic rings. The second kappa shape index (κ2) is 7.31. The first kappa shape index (κ1) is 18.8. The van der Waals surface area contributed by atoms with Gasteiger partial charge in [-0.15, -0.1) is 0 Å². The minimum Gasteiger partial charge on any atom is -0.454 e. The fourth-order valence-corrected chi connectivity index (χ4v) is 3.84. The van der Waals surface area contributed by atoms with Crippen molar-refractivity contribution in [3.05, 3.63) is 81.6 Å². The highest BCUT2D eigenvalue weighted by Gasteiger charge is 2.20. The van der Waals surface area contributed by atoms with Gasteiger partial charge in [0.25, 0.3) is 11.4 Å². The average Bonchev–Trinajstić information content (AvgIpc) is 3.50. The molecule has 5 aromatic rings. The molecule has 6 rings (SSSR count). The lowest BCUT2D eigenvalue weighted by Gasteiger charge is -2.09. The molecule has 0 radical (unpaired) electrons. The van der Waals surface area contributed by atoms with E-state index in [-0.39, 0.29) is 18.2 Å². The molecule has 156 valence electrons. The quantitative estimate of drug-likeness (QED) is 0.366. The standard InChI is InChI=1S/C23H13BrN4O4/c24-14-6-8-15(9-7-14)28-23(29)17-4-2-1-3-16(17)20(26-28)22-25-21(27-32-22)13-5-10-18-19(11-13)31-12-30-18/h1-11H,12H2. The molecule has 3 heterocycles. The second-order valence-electron chi connectivity index (χ2n) is 7.08. The van der Waals surface area contributed by atoms with E-state index in [1.807, 2.05) is 48.5 Å². The van der Waals surface area contributed by atoms with Gasteiger partial charge in [0.2, 0.25) is 12.6 Å². The molecule has 1 aliphatic heterocycles. The second-order valence-corrected chi connectivity index (χ2v) is 7.99. The van der Waals surface area contributed by atoms with Crippen LogP contribution in [0.5, 0.6) is 11.5 Å². The Morgan fingerprint density at radius 1 is 0.906 bits per heavy atom. The third kappa shape index (κ3) is 3.05. The lowest BCUT2D eigenvalue weighted by molar-refractivity contribution is 0.174. The summed E-state index contributed by atoms with van der Waals surface area (Å²) in [6.45, 7) is 0.184. The van der Waals surface area contributed by atoms with Gasteiger partial charge >= 0.3 is 0 Å². The molecule has 0 saturated carbocycles. The van der Waals surface area contributed by atoms with Gasteiger partial charge in [-0.05, 0) is 48.5 Å². The lowest BCUT2D eigenvalue weighted by atomic mass is 10.1. The van der Waals surface area contributed by atoms with E-state index in [1.165, 1.54) is 4.68 Å². The Bertz CT molecular complexity index is 1540. The molecule has 2 aromatic heterocycles. The van der Waals surface area contributed by atoms with Crippen molar-refractivity contribution < 1.29 is 14.0 Å². The first-order chi connectivity index (χ1) is 15.7. The zero-order valence-electron chi connectivity index (χ0n) is 16.4. The van der Waals surface area contributed by atoms with Crippen LogP contribution in [0.3, 0.4) is 0 Å². The monoisotopic (exact) mass is 488 g/mol. The van der Waals surface area contributed by atoms with Crippen molar-refractivity contribution in [1.82, 2.24) is 19.9 Å². The number of ether oxygens (including phenoxy) is 2. The van der Waals surface area contributed by atoms with Crippen molar-refractivity contribution >= 4 is 26.7 Å². The van der Waals surface area contributed by atoms with Crippen molar-refractivity contribution in [1.29, 1.82) is 0 Å². The van der Waals surface area contributed by atoms with Crippen LogP contribution in [-0.4, -0.2) is 26.7 Å². The molecule has 0 atom stereocenters. The van der Waals surface area contributed by atoms with Crippen LogP contribution < -0.4 is 15.0 Å². The molecule has 3 aromatic carbocycles. The number of hydrogen-bond donors (Lipinski definition) is 0. The molecule has 0 fully saturated rings. The van der Waals surface area contributed by atoms with Crippen molar-refractivity contribution in [3.63, 3.8) is 0 Å². The van der Waals surface area contributed by atoms with Crippen LogP contribution in [0.1, 0.15) is 0 Å². The Kier molecular flexibility index (Phi) is 4.29. The molecular formula is C23H13BrN4O4. The van der Waals surface area contributed by atoms with Crippen LogP contribution in [0.15, 0.2) is 80.5 Å². The third-order valence-corrected chi connectivity index (χ3v) is 5.66. The minimum absolute atomic E-state index is 0.184. The van der Waals surface area contributed by atoms with E-state index in [1.54, 1.807) is 18.2 Å². The van der Waals surface area contributed by atoms with Gasteiger partial charge in [-0.25, -0.2) is 0 Å². The SMILES string of the molecule is O=c1c2ccccc2c(-c2nc(-c3ccc4c(c3)OCO4)no2)nn1-c1ccc(Br)cc1. The fraction of sp³-hybridized carbons (Fsp3) is 0.0435. The number of nitrogens with zero attached hydrogens (tertiary/aromatic N) is 4. The summed E-state index contributed by atoms with van der Waals surface area (Å²) < 4.78 is 18.6. The first-order valence-electron chi connectivity index (χ1n) is 9.69. The van der Waals surface area contributed by atoms with Crippen LogP contribution >= 0.6 is 15.9 Å². The summed E-state index contributed by atoms with van der Waals surface area (Å²) in [6, 6.07) is 20.0. The first-order valence-corrected chi connectivity index (χ1v) is 10.5. The molecule has 0 bridgehead atoms. The summed E-state index contributed by atoms with van der Waals surface area (Å²) in [5.41, 5.74) is 1.53. The van der Waals surface area contributed by atoms with Gasteiger partial charge in [-0.1, -0.05) is 39.3 Å². The predicted molar refractivity (Wildman–Crippen MR) is 120 cm³/mol. The van der Waals surface area contributed by atoms with Gasteiger partial charge in [0.1, 0.15) is 0 Å².